The summed E-state index contributed by atoms with van der Waals surface area (Å²) in [5.74, 6) is 0.709. The van der Waals surface area contributed by atoms with Crippen molar-refractivity contribution < 1.29 is 0 Å². The van der Waals surface area contributed by atoms with Crippen molar-refractivity contribution in [2.75, 3.05) is 5.32 Å². The highest BCUT2D eigenvalue weighted by Crippen LogP contribution is 2.43. The molecule has 1 aliphatic rings. The molecule has 0 aliphatic heterocycles. The molecule has 2 heteroatoms. The third-order valence-corrected chi connectivity index (χ3v) is 4.20. The summed E-state index contributed by atoms with van der Waals surface area (Å²) in [4.78, 5) is 0. The SMILES string of the molecule is Cc1cccc(Cl)c1NC1CC(C)(C)CC1C. The number of aryl methyl sites for hydroxylation is 1. The third kappa shape index (κ3) is 2.77. The van der Waals surface area contributed by atoms with Crippen molar-refractivity contribution in [2.24, 2.45) is 11.3 Å². The Hall–Kier alpha value is -0.690. The summed E-state index contributed by atoms with van der Waals surface area (Å²) in [6.07, 6.45) is 2.51. The first kappa shape index (κ1) is 12.8. The largest absolute Gasteiger partial charge is 0.381 e. The van der Waals surface area contributed by atoms with Crippen LogP contribution in [0.3, 0.4) is 0 Å². The molecule has 0 bridgehead atoms. The van der Waals surface area contributed by atoms with Gasteiger partial charge < -0.3 is 5.32 Å². The number of anilines is 1. The number of halogens is 1. The van der Waals surface area contributed by atoms with Gasteiger partial charge in [0.1, 0.15) is 0 Å². The van der Waals surface area contributed by atoms with Crippen LogP contribution in [0.1, 0.15) is 39.2 Å². The highest BCUT2D eigenvalue weighted by molar-refractivity contribution is 6.33. The van der Waals surface area contributed by atoms with Crippen molar-refractivity contribution in [3.8, 4) is 0 Å². The van der Waals surface area contributed by atoms with Gasteiger partial charge in [-0.25, -0.2) is 0 Å². The molecule has 1 aromatic carbocycles. The average molecular weight is 252 g/mol. The number of hydrogen-bond donors (Lipinski definition) is 1. The van der Waals surface area contributed by atoms with Crippen LogP contribution in [-0.2, 0) is 0 Å². The molecular weight excluding hydrogens is 230 g/mol. The van der Waals surface area contributed by atoms with Crippen molar-refractivity contribution in [1.82, 2.24) is 0 Å². The lowest BCUT2D eigenvalue weighted by Crippen LogP contribution is -2.23. The second-order valence-corrected chi connectivity index (χ2v) is 6.64. The van der Waals surface area contributed by atoms with E-state index in [4.69, 9.17) is 11.6 Å². The first-order valence-corrected chi connectivity index (χ1v) is 6.78. The number of benzene rings is 1. The molecule has 2 rings (SSSR count). The molecule has 0 saturated heterocycles. The summed E-state index contributed by atoms with van der Waals surface area (Å²) in [5, 5.41) is 4.49. The number of nitrogens with one attached hydrogen (secondary N) is 1. The van der Waals surface area contributed by atoms with Crippen LogP contribution in [0.4, 0.5) is 5.69 Å². The molecular formula is C15H22ClN. The molecule has 1 fully saturated rings. The minimum atomic E-state index is 0.451. The van der Waals surface area contributed by atoms with Gasteiger partial charge in [0.2, 0.25) is 0 Å². The van der Waals surface area contributed by atoms with Gasteiger partial charge in [-0.05, 0) is 42.7 Å². The number of rotatable bonds is 2. The Morgan fingerprint density at radius 3 is 2.53 bits per heavy atom. The van der Waals surface area contributed by atoms with Crippen LogP contribution in [0.5, 0.6) is 0 Å². The highest BCUT2D eigenvalue weighted by atomic mass is 35.5. The van der Waals surface area contributed by atoms with Crippen LogP contribution >= 0.6 is 11.6 Å². The maximum atomic E-state index is 6.26. The Labute approximate surface area is 110 Å². The average Bonchev–Trinajstić information content (AvgIpc) is 2.46. The van der Waals surface area contributed by atoms with Gasteiger partial charge in [-0.2, -0.15) is 0 Å². The van der Waals surface area contributed by atoms with Gasteiger partial charge in [0.05, 0.1) is 10.7 Å². The van der Waals surface area contributed by atoms with E-state index in [0.29, 0.717) is 17.4 Å². The molecule has 0 heterocycles. The Morgan fingerprint density at radius 1 is 1.29 bits per heavy atom. The van der Waals surface area contributed by atoms with Crippen LogP contribution in [0.25, 0.3) is 0 Å². The molecule has 2 unspecified atom stereocenters. The lowest BCUT2D eigenvalue weighted by molar-refractivity contribution is 0.366. The predicted octanol–water partition coefficient (Wildman–Crippen LogP) is 4.89. The lowest BCUT2D eigenvalue weighted by Gasteiger charge is -2.22. The van der Waals surface area contributed by atoms with Gasteiger partial charge in [-0.15, -0.1) is 0 Å². The number of para-hydroxylation sites is 1. The molecule has 1 aromatic rings. The standard InChI is InChI=1S/C15H22ClN/c1-10-6-5-7-12(16)14(10)17-13-9-15(3,4)8-11(13)2/h5-7,11,13,17H,8-9H2,1-4H3. The maximum Gasteiger partial charge on any atom is 0.0640 e. The Kier molecular flexibility index (Phi) is 3.40. The van der Waals surface area contributed by atoms with E-state index >= 15 is 0 Å². The summed E-state index contributed by atoms with van der Waals surface area (Å²) < 4.78 is 0. The third-order valence-electron chi connectivity index (χ3n) is 3.89. The van der Waals surface area contributed by atoms with Gasteiger partial charge in [0, 0.05) is 6.04 Å². The van der Waals surface area contributed by atoms with E-state index in [2.05, 4.69) is 39.1 Å². The molecule has 1 saturated carbocycles. The molecule has 2 atom stereocenters. The first-order valence-electron chi connectivity index (χ1n) is 6.41. The minimum Gasteiger partial charge on any atom is -0.381 e. The molecule has 0 amide bonds. The zero-order valence-corrected chi connectivity index (χ0v) is 11.9. The quantitative estimate of drug-likeness (QED) is 0.790. The van der Waals surface area contributed by atoms with Crippen LogP contribution in [-0.4, -0.2) is 6.04 Å². The summed E-state index contributed by atoms with van der Waals surface area (Å²) in [6, 6.07) is 6.62. The lowest BCUT2D eigenvalue weighted by atomic mass is 9.91. The van der Waals surface area contributed by atoms with Gasteiger partial charge in [0.25, 0.3) is 0 Å². The fraction of sp³-hybridized carbons (Fsp3) is 0.600. The van der Waals surface area contributed by atoms with E-state index in [0.717, 1.165) is 10.7 Å². The molecule has 0 spiro atoms. The molecule has 94 valence electrons. The van der Waals surface area contributed by atoms with E-state index in [-0.39, 0.29) is 0 Å². The van der Waals surface area contributed by atoms with Crippen LogP contribution < -0.4 is 5.32 Å². The zero-order chi connectivity index (χ0) is 12.6. The van der Waals surface area contributed by atoms with Crippen molar-refractivity contribution in [3.63, 3.8) is 0 Å². The fourth-order valence-electron chi connectivity index (χ4n) is 3.09. The van der Waals surface area contributed by atoms with Crippen molar-refractivity contribution >= 4 is 17.3 Å². The maximum absolute atomic E-state index is 6.26. The monoisotopic (exact) mass is 251 g/mol. The Bertz CT molecular complexity index is 391. The summed E-state index contributed by atoms with van der Waals surface area (Å²) in [6.45, 7) is 9.15. The summed E-state index contributed by atoms with van der Waals surface area (Å²) >= 11 is 6.26. The second-order valence-electron chi connectivity index (χ2n) is 6.23. The molecule has 1 nitrogen and oxygen atoms in total. The van der Waals surface area contributed by atoms with Crippen LogP contribution in [0, 0.1) is 18.3 Å². The Balaban J connectivity index is 2.17. The Morgan fingerprint density at radius 2 is 2.00 bits per heavy atom. The van der Waals surface area contributed by atoms with Crippen LogP contribution in [0.15, 0.2) is 18.2 Å². The topological polar surface area (TPSA) is 12.0 Å². The van der Waals surface area contributed by atoms with Crippen molar-refractivity contribution in [2.45, 2.75) is 46.6 Å². The zero-order valence-electron chi connectivity index (χ0n) is 11.2. The van der Waals surface area contributed by atoms with Crippen molar-refractivity contribution in [3.05, 3.63) is 28.8 Å². The van der Waals surface area contributed by atoms with Crippen LogP contribution in [0.2, 0.25) is 5.02 Å². The van der Waals surface area contributed by atoms with E-state index in [9.17, 15) is 0 Å². The van der Waals surface area contributed by atoms with E-state index < -0.39 is 0 Å². The normalized spacial score (nSPS) is 27.1. The predicted molar refractivity (Wildman–Crippen MR) is 75.8 cm³/mol. The second kappa shape index (κ2) is 4.53. The van der Waals surface area contributed by atoms with E-state index in [1.165, 1.54) is 18.4 Å². The molecule has 1 N–H and O–H groups in total. The van der Waals surface area contributed by atoms with E-state index in [1.54, 1.807) is 0 Å². The van der Waals surface area contributed by atoms with Gasteiger partial charge >= 0.3 is 0 Å². The smallest absolute Gasteiger partial charge is 0.0640 e. The van der Waals surface area contributed by atoms with Gasteiger partial charge in [-0.1, -0.05) is 44.5 Å². The molecule has 0 aromatic heterocycles. The van der Waals surface area contributed by atoms with Gasteiger partial charge in [-0.3, -0.25) is 0 Å². The number of hydrogen-bond acceptors (Lipinski definition) is 1. The summed E-state index contributed by atoms with van der Waals surface area (Å²) in [7, 11) is 0. The first-order chi connectivity index (χ1) is 7.89. The van der Waals surface area contributed by atoms with E-state index in [1.807, 2.05) is 12.1 Å². The molecule has 17 heavy (non-hydrogen) atoms. The molecule has 1 aliphatic carbocycles. The fourth-order valence-corrected chi connectivity index (χ4v) is 3.36. The van der Waals surface area contributed by atoms with Crippen molar-refractivity contribution in [1.29, 1.82) is 0 Å². The highest BCUT2D eigenvalue weighted by Gasteiger charge is 2.36. The van der Waals surface area contributed by atoms with Gasteiger partial charge in [0.15, 0.2) is 0 Å². The summed E-state index contributed by atoms with van der Waals surface area (Å²) in [5.41, 5.74) is 2.80. The molecule has 0 radical (unpaired) electrons. The minimum absolute atomic E-state index is 0.451.